The predicted molar refractivity (Wildman–Crippen MR) is 99.9 cm³/mol. The SMILES string of the molecule is COC(=O)[C@@H]1CCC(=O)N1.COC(=O)[C@@H]1CCC(=O)N1Cc1ccc(C)cc1. The molecule has 1 N–H and O–H groups in total. The summed E-state index contributed by atoms with van der Waals surface area (Å²) in [5, 5.41) is 2.49. The monoisotopic (exact) mass is 390 g/mol. The lowest BCUT2D eigenvalue weighted by Crippen LogP contribution is -2.38. The molecule has 8 heteroatoms. The molecular formula is C20H26N2O6. The maximum absolute atomic E-state index is 11.8. The van der Waals surface area contributed by atoms with Gasteiger partial charge in [-0.1, -0.05) is 29.8 Å². The Morgan fingerprint density at radius 3 is 2.21 bits per heavy atom. The number of hydrogen-bond acceptors (Lipinski definition) is 6. The van der Waals surface area contributed by atoms with Gasteiger partial charge in [0.25, 0.3) is 0 Å². The van der Waals surface area contributed by atoms with Crippen molar-refractivity contribution in [2.45, 2.75) is 51.2 Å². The molecule has 28 heavy (non-hydrogen) atoms. The van der Waals surface area contributed by atoms with Crippen LogP contribution in [-0.2, 0) is 35.2 Å². The molecule has 0 spiro atoms. The Labute approximate surface area is 164 Å². The molecule has 0 unspecified atom stereocenters. The summed E-state index contributed by atoms with van der Waals surface area (Å²) < 4.78 is 9.17. The molecule has 0 aromatic heterocycles. The smallest absolute Gasteiger partial charge is 0.328 e. The Hall–Kier alpha value is -2.90. The Bertz CT molecular complexity index is 731. The van der Waals surface area contributed by atoms with E-state index in [1.807, 2.05) is 31.2 Å². The van der Waals surface area contributed by atoms with Crippen molar-refractivity contribution in [2.24, 2.45) is 0 Å². The Morgan fingerprint density at radius 2 is 1.68 bits per heavy atom. The highest BCUT2D eigenvalue weighted by Gasteiger charge is 2.36. The highest BCUT2D eigenvalue weighted by Crippen LogP contribution is 2.22. The number of hydrogen-bond donors (Lipinski definition) is 1. The molecule has 2 saturated heterocycles. The molecule has 0 radical (unpaired) electrons. The zero-order chi connectivity index (χ0) is 20.7. The zero-order valence-electron chi connectivity index (χ0n) is 16.4. The van der Waals surface area contributed by atoms with Crippen molar-refractivity contribution in [3.63, 3.8) is 0 Å². The fraction of sp³-hybridized carbons (Fsp3) is 0.500. The van der Waals surface area contributed by atoms with Crippen LogP contribution in [0.4, 0.5) is 0 Å². The van der Waals surface area contributed by atoms with Gasteiger partial charge in [0.05, 0.1) is 14.2 Å². The third-order valence-electron chi connectivity index (χ3n) is 4.76. The molecular weight excluding hydrogens is 364 g/mol. The minimum atomic E-state index is -0.427. The van der Waals surface area contributed by atoms with Crippen molar-refractivity contribution in [1.82, 2.24) is 10.2 Å². The molecule has 2 atom stereocenters. The van der Waals surface area contributed by atoms with E-state index in [2.05, 4.69) is 10.1 Å². The van der Waals surface area contributed by atoms with Gasteiger partial charge in [0.1, 0.15) is 12.1 Å². The first kappa shape index (κ1) is 21.4. The van der Waals surface area contributed by atoms with E-state index in [-0.39, 0.29) is 23.8 Å². The van der Waals surface area contributed by atoms with E-state index in [0.717, 1.165) is 5.56 Å². The summed E-state index contributed by atoms with van der Waals surface area (Å²) in [6, 6.07) is 7.14. The van der Waals surface area contributed by atoms with Gasteiger partial charge in [-0.2, -0.15) is 0 Å². The van der Waals surface area contributed by atoms with Gasteiger partial charge < -0.3 is 19.7 Å². The number of carbonyl (C=O) groups excluding carboxylic acids is 4. The first-order valence-corrected chi connectivity index (χ1v) is 9.15. The summed E-state index contributed by atoms with van der Waals surface area (Å²) >= 11 is 0. The number of nitrogens with zero attached hydrogens (tertiary/aromatic N) is 1. The molecule has 2 fully saturated rings. The van der Waals surface area contributed by atoms with Crippen LogP contribution in [0, 0.1) is 6.92 Å². The average Bonchev–Trinajstić information content (AvgIpc) is 3.29. The van der Waals surface area contributed by atoms with Gasteiger partial charge in [0.2, 0.25) is 11.8 Å². The third-order valence-corrected chi connectivity index (χ3v) is 4.76. The largest absolute Gasteiger partial charge is 0.467 e. The normalized spacial score (nSPS) is 20.9. The van der Waals surface area contributed by atoms with Crippen LogP contribution < -0.4 is 5.32 Å². The molecule has 8 nitrogen and oxygen atoms in total. The third kappa shape index (κ3) is 5.55. The Balaban J connectivity index is 0.000000237. The van der Waals surface area contributed by atoms with E-state index in [1.54, 1.807) is 4.90 Å². The van der Waals surface area contributed by atoms with Crippen molar-refractivity contribution < 1.29 is 28.7 Å². The van der Waals surface area contributed by atoms with E-state index in [0.29, 0.717) is 32.2 Å². The predicted octanol–water partition coefficient (Wildman–Crippen LogP) is 1.10. The summed E-state index contributed by atoms with van der Waals surface area (Å²) in [6.45, 7) is 2.49. The van der Waals surface area contributed by atoms with Crippen molar-refractivity contribution >= 4 is 23.8 Å². The van der Waals surface area contributed by atoms with E-state index in [4.69, 9.17) is 4.74 Å². The lowest BCUT2D eigenvalue weighted by atomic mass is 10.1. The molecule has 1 aromatic carbocycles. The van der Waals surface area contributed by atoms with Gasteiger partial charge in [-0.05, 0) is 25.3 Å². The second kappa shape index (κ2) is 9.87. The quantitative estimate of drug-likeness (QED) is 0.773. The molecule has 152 valence electrons. The molecule has 2 aliphatic rings. The van der Waals surface area contributed by atoms with Crippen LogP contribution >= 0.6 is 0 Å². The molecule has 1 aromatic rings. The number of aryl methyl sites for hydroxylation is 1. The van der Waals surface area contributed by atoms with Crippen molar-refractivity contribution in [3.8, 4) is 0 Å². The molecule has 2 heterocycles. The van der Waals surface area contributed by atoms with Gasteiger partial charge in [-0.3, -0.25) is 9.59 Å². The Morgan fingerprint density at radius 1 is 1.04 bits per heavy atom. The van der Waals surface area contributed by atoms with Crippen LogP contribution in [0.3, 0.4) is 0 Å². The maximum atomic E-state index is 11.8. The van der Waals surface area contributed by atoms with Crippen molar-refractivity contribution in [3.05, 3.63) is 35.4 Å². The summed E-state index contributed by atoms with van der Waals surface area (Å²) in [5.74, 6) is -0.736. The summed E-state index contributed by atoms with van der Waals surface area (Å²) in [4.78, 5) is 46.3. The summed E-state index contributed by atoms with van der Waals surface area (Å²) in [7, 11) is 2.67. The van der Waals surface area contributed by atoms with Gasteiger partial charge in [0, 0.05) is 19.4 Å². The number of nitrogens with one attached hydrogen (secondary N) is 1. The van der Waals surface area contributed by atoms with E-state index < -0.39 is 12.1 Å². The van der Waals surface area contributed by atoms with Gasteiger partial charge >= 0.3 is 11.9 Å². The number of esters is 2. The number of amides is 2. The second-order valence-electron chi connectivity index (χ2n) is 6.77. The zero-order valence-corrected chi connectivity index (χ0v) is 16.4. The number of rotatable bonds is 4. The molecule has 2 amide bonds. The minimum absolute atomic E-state index is 0.0194. The topological polar surface area (TPSA) is 102 Å². The lowest BCUT2D eigenvalue weighted by Gasteiger charge is -2.22. The van der Waals surface area contributed by atoms with Crippen LogP contribution in [0.25, 0.3) is 0 Å². The highest BCUT2D eigenvalue weighted by atomic mass is 16.5. The molecule has 0 bridgehead atoms. The van der Waals surface area contributed by atoms with E-state index in [9.17, 15) is 19.2 Å². The van der Waals surface area contributed by atoms with Crippen molar-refractivity contribution in [2.75, 3.05) is 14.2 Å². The fourth-order valence-corrected chi connectivity index (χ4v) is 3.14. The number of ether oxygens (including phenoxy) is 2. The number of benzene rings is 1. The first-order chi connectivity index (χ1) is 13.3. The number of methoxy groups -OCH3 is 2. The van der Waals surface area contributed by atoms with Gasteiger partial charge in [-0.15, -0.1) is 0 Å². The van der Waals surface area contributed by atoms with Crippen LogP contribution in [0.15, 0.2) is 24.3 Å². The van der Waals surface area contributed by atoms with Crippen molar-refractivity contribution in [1.29, 1.82) is 0 Å². The van der Waals surface area contributed by atoms with E-state index in [1.165, 1.54) is 19.8 Å². The van der Waals surface area contributed by atoms with Crippen LogP contribution in [0.1, 0.15) is 36.8 Å². The number of likely N-dealkylation sites (tertiary alicyclic amines) is 1. The van der Waals surface area contributed by atoms with Crippen LogP contribution in [0.2, 0.25) is 0 Å². The fourth-order valence-electron chi connectivity index (χ4n) is 3.14. The first-order valence-electron chi connectivity index (χ1n) is 9.15. The minimum Gasteiger partial charge on any atom is -0.467 e. The lowest BCUT2D eigenvalue weighted by molar-refractivity contribution is -0.149. The number of carbonyl (C=O) groups is 4. The van der Waals surface area contributed by atoms with E-state index >= 15 is 0 Å². The second-order valence-corrected chi connectivity index (χ2v) is 6.77. The molecule has 0 saturated carbocycles. The average molecular weight is 390 g/mol. The molecule has 0 aliphatic carbocycles. The molecule has 3 rings (SSSR count). The molecule has 2 aliphatic heterocycles. The Kier molecular flexibility index (Phi) is 7.54. The summed E-state index contributed by atoms with van der Waals surface area (Å²) in [6.07, 6.45) is 1.97. The maximum Gasteiger partial charge on any atom is 0.328 e. The van der Waals surface area contributed by atoms with Gasteiger partial charge in [0.15, 0.2) is 0 Å². The standard InChI is InChI=1S/C14H17NO3.C6H9NO3/c1-10-3-5-11(6-4-10)9-15-12(14(17)18-2)7-8-13(15)16;1-10-6(9)4-2-3-5(8)7-4/h3-6,12H,7-9H2,1-2H3;4H,2-3H2,1H3,(H,7,8)/t12-;4-/m00/s1. The summed E-state index contributed by atoms with van der Waals surface area (Å²) in [5.41, 5.74) is 2.21. The highest BCUT2D eigenvalue weighted by molar-refractivity contribution is 5.88. The van der Waals surface area contributed by atoms with Gasteiger partial charge in [-0.25, -0.2) is 9.59 Å². The van der Waals surface area contributed by atoms with Crippen LogP contribution in [-0.4, -0.2) is 55.0 Å². The van der Waals surface area contributed by atoms with Crippen LogP contribution in [0.5, 0.6) is 0 Å².